The van der Waals surface area contributed by atoms with E-state index in [2.05, 4.69) is 68.6 Å². The van der Waals surface area contributed by atoms with Crippen LogP contribution in [0, 0.1) is 0 Å². The molecule has 358 valence electrons. The van der Waals surface area contributed by atoms with Gasteiger partial charge in [-0.25, -0.2) is 0 Å². The highest BCUT2D eigenvalue weighted by molar-refractivity contribution is 7.99. The third-order valence-electron chi connectivity index (χ3n) is 12.0. The average Bonchev–Trinajstić information content (AvgIpc) is 3.33. The maximum absolute atomic E-state index is 12.2. The maximum atomic E-state index is 12.2. The fraction of sp³-hybridized carbons (Fsp3) is 0.286. The fourth-order valence-corrected chi connectivity index (χ4v) is 11.0. The molecule has 1 aromatic heterocycles. The summed E-state index contributed by atoms with van der Waals surface area (Å²) < 4.78 is 68.8. The van der Waals surface area contributed by atoms with Gasteiger partial charge in [0.1, 0.15) is 21.2 Å². The van der Waals surface area contributed by atoms with Gasteiger partial charge in [0.2, 0.25) is 11.9 Å². The Kier molecular flexibility index (Phi) is 15.1. The van der Waals surface area contributed by atoms with Crippen molar-refractivity contribution in [3.05, 3.63) is 109 Å². The number of benzene rings is 6. The molecule has 20 heteroatoms. The molecule has 1 aliphatic carbocycles. The van der Waals surface area contributed by atoms with E-state index in [9.17, 15) is 25.9 Å². The van der Waals surface area contributed by atoms with Gasteiger partial charge >= 0.3 is 0 Å². The average molecular weight is 988 g/mol. The summed E-state index contributed by atoms with van der Waals surface area (Å²) in [5.41, 5.74) is 4.68. The summed E-state index contributed by atoms with van der Waals surface area (Å²) in [6.07, 6.45) is 5.51. The van der Waals surface area contributed by atoms with Gasteiger partial charge in [0.25, 0.3) is 20.2 Å². The Morgan fingerprint density at radius 3 is 1.33 bits per heavy atom. The Morgan fingerprint density at radius 1 is 0.536 bits per heavy atom. The van der Waals surface area contributed by atoms with Crippen molar-refractivity contribution < 1.29 is 25.9 Å². The molecule has 0 amide bonds. The lowest BCUT2D eigenvalue weighted by molar-refractivity contribution is 0.482. The van der Waals surface area contributed by atoms with Gasteiger partial charge in [0, 0.05) is 64.3 Å². The van der Waals surface area contributed by atoms with E-state index in [-0.39, 0.29) is 21.7 Å². The van der Waals surface area contributed by atoms with E-state index in [1.807, 2.05) is 36.4 Å². The number of azo groups is 2. The van der Waals surface area contributed by atoms with Crippen LogP contribution in [-0.2, 0) is 20.2 Å². The molecule has 0 saturated heterocycles. The molecule has 0 bridgehead atoms. The molecular formula is C49H53N11O6S3. The zero-order chi connectivity index (χ0) is 48.7. The molecule has 7 aromatic rings. The van der Waals surface area contributed by atoms with E-state index in [0.29, 0.717) is 66.1 Å². The van der Waals surface area contributed by atoms with Crippen molar-refractivity contribution in [2.45, 2.75) is 80.0 Å². The number of hydrogen-bond acceptors (Lipinski definition) is 16. The van der Waals surface area contributed by atoms with Crippen LogP contribution in [0.15, 0.2) is 145 Å². The van der Waals surface area contributed by atoms with E-state index in [1.165, 1.54) is 30.7 Å². The van der Waals surface area contributed by atoms with Crippen LogP contribution >= 0.6 is 11.8 Å². The standard InChI is InChI=1S/C49H53N11O6S3/c1-5-59(6-2)32-22-24-41(57-55-39-26-28-45(68(61,62)63)37-20-14-12-18-35(37)39)43(30-32)50-47-52-48(54-49(53-47)67-34-16-10-9-11-17-34)51-44-31-33(60(7-3)8-4)23-25-42(44)58-56-40-27-29-46(69(64,65)66)38-21-15-13-19-36(38)40/h12-15,18-31,34H,5-11,16-17H2,1-4H3,(H,61,62,63)(H,64,65,66)(H2,50,51,52,53,54)/b57-55+,58-56+. The minimum Gasteiger partial charge on any atom is -0.372 e. The van der Waals surface area contributed by atoms with Crippen LogP contribution in [0.4, 0.5) is 57.4 Å². The van der Waals surface area contributed by atoms with E-state index in [1.54, 1.807) is 60.3 Å². The third kappa shape index (κ3) is 11.5. The van der Waals surface area contributed by atoms with Crippen LogP contribution in [0.2, 0.25) is 0 Å². The Hall–Kier alpha value is -6.58. The fourth-order valence-electron chi connectivity index (χ4n) is 8.44. The molecule has 1 fully saturated rings. The molecule has 0 spiro atoms. The van der Waals surface area contributed by atoms with Crippen molar-refractivity contribution in [1.82, 2.24) is 15.0 Å². The monoisotopic (exact) mass is 987 g/mol. The largest absolute Gasteiger partial charge is 0.372 e. The first-order valence-corrected chi connectivity index (χ1v) is 26.6. The molecule has 0 atom stereocenters. The van der Waals surface area contributed by atoms with Crippen LogP contribution in [0.1, 0.15) is 59.8 Å². The molecule has 4 N–H and O–H groups in total. The first-order chi connectivity index (χ1) is 33.3. The first kappa shape index (κ1) is 48.9. The van der Waals surface area contributed by atoms with Gasteiger partial charge in [-0.1, -0.05) is 79.6 Å². The molecule has 17 nitrogen and oxygen atoms in total. The van der Waals surface area contributed by atoms with E-state index >= 15 is 0 Å². The molecule has 69 heavy (non-hydrogen) atoms. The second-order valence-corrected chi connectivity index (χ2v) is 20.3. The Labute approximate surface area is 406 Å². The minimum atomic E-state index is -4.50. The number of nitrogens with zero attached hydrogens (tertiary/aromatic N) is 9. The van der Waals surface area contributed by atoms with Gasteiger partial charge in [0.05, 0.1) is 22.7 Å². The Bertz CT molecular complexity index is 3080. The highest BCUT2D eigenvalue weighted by Crippen LogP contribution is 2.40. The molecule has 0 unspecified atom stereocenters. The van der Waals surface area contributed by atoms with Gasteiger partial charge in [-0.15, -0.1) is 20.5 Å². The van der Waals surface area contributed by atoms with Crippen molar-refractivity contribution in [2.24, 2.45) is 20.5 Å². The Balaban J connectivity index is 1.21. The lowest BCUT2D eigenvalue weighted by Crippen LogP contribution is -2.21. The van der Waals surface area contributed by atoms with Crippen molar-refractivity contribution in [2.75, 3.05) is 46.6 Å². The molecule has 0 aliphatic heterocycles. The lowest BCUT2D eigenvalue weighted by Gasteiger charge is -2.23. The molecule has 0 radical (unpaired) electrons. The topological polar surface area (TPSA) is 227 Å². The number of thioether (sulfide) groups is 1. The quantitative estimate of drug-likeness (QED) is 0.0463. The predicted molar refractivity (Wildman–Crippen MR) is 275 cm³/mol. The molecule has 6 aromatic carbocycles. The summed E-state index contributed by atoms with van der Waals surface area (Å²) in [7, 11) is -8.99. The summed E-state index contributed by atoms with van der Waals surface area (Å²) in [6, 6.07) is 30.8. The minimum absolute atomic E-state index is 0.222. The summed E-state index contributed by atoms with van der Waals surface area (Å²) in [5, 5.41) is 27.9. The molecule has 8 rings (SSSR count). The van der Waals surface area contributed by atoms with E-state index in [0.717, 1.165) is 63.2 Å². The number of fused-ring (bicyclic) bond motifs is 2. The van der Waals surface area contributed by atoms with Gasteiger partial charge in [-0.2, -0.15) is 31.8 Å². The van der Waals surface area contributed by atoms with Gasteiger partial charge in [0.15, 0.2) is 5.16 Å². The van der Waals surface area contributed by atoms with E-state index in [4.69, 9.17) is 15.0 Å². The Morgan fingerprint density at radius 2 is 0.928 bits per heavy atom. The second kappa shape index (κ2) is 21.4. The van der Waals surface area contributed by atoms with Gasteiger partial charge in [-0.05, 0) is 101 Å². The summed E-state index contributed by atoms with van der Waals surface area (Å²) in [4.78, 5) is 18.8. The van der Waals surface area contributed by atoms with Gasteiger partial charge < -0.3 is 20.4 Å². The number of anilines is 6. The normalized spacial score (nSPS) is 13.7. The zero-order valence-corrected chi connectivity index (χ0v) is 41.1. The number of hydrogen-bond donors (Lipinski definition) is 4. The molecule has 1 saturated carbocycles. The number of rotatable bonds is 18. The van der Waals surface area contributed by atoms with Crippen LogP contribution in [0.25, 0.3) is 21.5 Å². The smallest absolute Gasteiger partial charge is 0.295 e. The van der Waals surface area contributed by atoms with Crippen molar-refractivity contribution in [1.29, 1.82) is 0 Å². The van der Waals surface area contributed by atoms with Gasteiger partial charge in [-0.3, -0.25) is 9.11 Å². The van der Waals surface area contributed by atoms with Crippen molar-refractivity contribution in [3.63, 3.8) is 0 Å². The van der Waals surface area contributed by atoms with Crippen molar-refractivity contribution in [3.8, 4) is 0 Å². The number of nitrogens with one attached hydrogen (secondary N) is 2. The SMILES string of the molecule is CCN(CC)c1ccc(/N=N/c2ccc(S(=O)(=O)O)c3ccccc23)c(Nc2nc(Nc3cc(N(CC)CC)ccc3/N=N/c3ccc(S(=O)(=O)O)c4ccccc34)nc(SC3CCCCC3)n2)c1. The maximum Gasteiger partial charge on any atom is 0.295 e. The number of aromatic nitrogens is 3. The summed E-state index contributed by atoms with van der Waals surface area (Å²) >= 11 is 1.61. The summed E-state index contributed by atoms with van der Waals surface area (Å²) in [5.74, 6) is 0.491. The lowest BCUT2D eigenvalue weighted by atomic mass is 10.0. The second-order valence-electron chi connectivity index (χ2n) is 16.2. The van der Waals surface area contributed by atoms with E-state index < -0.39 is 20.2 Å². The van der Waals surface area contributed by atoms with Crippen LogP contribution in [0.3, 0.4) is 0 Å². The highest BCUT2D eigenvalue weighted by atomic mass is 32.2. The summed E-state index contributed by atoms with van der Waals surface area (Å²) in [6.45, 7) is 11.3. The third-order valence-corrected chi connectivity index (χ3v) is 15.0. The zero-order valence-electron chi connectivity index (χ0n) is 38.6. The van der Waals surface area contributed by atoms with Crippen LogP contribution in [-0.4, -0.2) is 72.3 Å². The van der Waals surface area contributed by atoms with Crippen LogP contribution in [0.5, 0.6) is 0 Å². The highest BCUT2D eigenvalue weighted by Gasteiger charge is 2.21. The predicted octanol–water partition coefficient (Wildman–Crippen LogP) is 13.1. The van der Waals surface area contributed by atoms with Crippen molar-refractivity contribution >= 4 is 111 Å². The first-order valence-electron chi connectivity index (χ1n) is 22.8. The molecule has 1 aliphatic rings. The molecule has 1 heterocycles. The van der Waals surface area contributed by atoms with Crippen LogP contribution < -0.4 is 20.4 Å². The molecular weight excluding hydrogens is 935 g/mol.